The van der Waals surface area contributed by atoms with Crippen molar-refractivity contribution in [3.63, 3.8) is 0 Å². The van der Waals surface area contributed by atoms with Gasteiger partial charge in [-0.15, -0.1) is 0 Å². The summed E-state index contributed by atoms with van der Waals surface area (Å²) in [4.78, 5) is 13.1. The molecule has 0 aliphatic rings. The number of carbonyl (C=O) groups is 1. The summed E-state index contributed by atoms with van der Waals surface area (Å²) in [5, 5.41) is 0. The molecule has 6 nitrogen and oxygen atoms in total. The molecule has 0 atom stereocenters. The van der Waals surface area contributed by atoms with E-state index in [4.69, 9.17) is 4.55 Å². The molecule has 0 aromatic carbocycles. The highest BCUT2D eigenvalue weighted by molar-refractivity contribution is 7.81. The first kappa shape index (κ1) is 15.1. The molecular formula is C9H17NO5S. The maximum Gasteiger partial charge on any atom is 0.449 e. The topological polar surface area (TPSA) is 83.9 Å². The molecule has 0 aliphatic carbocycles. The van der Waals surface area contributed by atoms with Gasteiger partial charge in [-0.3, -0.25) is 4.55 Å². The summed E-state index contributed by atoms with van der Waals surface area (Å²) in [6.07, 6.45) is 0.624. The summed E-state index contributed by atoms with van der Waals surface area (Å²) in [6.45, 7) is 3.91. The Hall–Kier alpha value is -0.920. The lowest BCUT2D eigenvalue weighted by Crippen LogP contribution is -2.16. The molecule has 0 saturated heterocycles. The molecule has 0 unspecified atom stereocenters. The molecule has 0 rings (SSSR count). The van der Waals surface area contributed by atoms with Gasteiger partial charge in [-0.25, -0.2) is 4.79 Å². The molecule has 0 heterocycles. The van der Waals surface area contributed by atoms with Gasteiger partial charge in [0, 0.05) is 12.1 Å². The quantitative estimate of drug-likeness (QED) is 0.569. The second-order valence-corrected chi connectivity index (χ2v) is 4.78. The fourth-order valence-corrected chi connectivity index (χ4v) is 1.23. The molecule has 94 valence electrons. The van der Waals surface area contributed by atoms with Crippen molar-refractivity contribution in [1.82, 2.24) is 4.90 Å². The molecular weight excluding hydrogens is 234 g/mol. The van der Waals surface area contributed by atoms with Crippen LogP contribution in [0.5, 0.6) is 0 Å². The molecule has 0 aromatic heterocycles. The fourth-order valence-electron chi connectivity index (χ4n) is 0.911. The first-order chi connectivity index (χ1) is 7.13. The maximum atomic E-state index is 11.2. The summed E-state index contributed by atoms with van der Waals surface area (Å²) >= 11 is 0. The van der Waals surface area contributed by atoms with Crippen LogP contribution in [0.25, 0.3) is 0 Å². The van der Waals surface area contributed by atoms with E-state index in [9.17, 15) is 13.2 Å². The van der Waals surface area contributed by atoms with Crippen molar-refractivity contribution in [2.75, 3.05) is 20.6 Å². The Balaban J connectivity index is 4.56. The molecule has 0 spiro atoms. The van der Waals surface area contributed by atoms with Crippen LogP contribution in [-0.4, -0.2) is 44.5 Å². The summed E-state index contributed by atoms with van der Waals surface area (Å²) in [7, 11) is -0.951. The van der Waals surface area contributed by atoms with Crippen LogP contribution in [0.3, 0.4) is 0 Å². The van der Waals surface area contributed by atoms with Crippen molar-refractivity contribution in [2.45, 2.75) is 20.3 Å². The van der Waals surface area contributed by atoms with Gasteiger partial charge in [-0.05, 0) is 34.4 Å². The smallest absolute Gasteiger partial charge is 0.321 e. The Labute approximate surface area is 95.8 Å². The fraction of sp³-hybridized carbons (Fsp3) is 0.667. The molecule has 1 N–H and O–H groups in total. The number of rotatable bonds is 5. The Kier molecular flexibility index (Phi) is 5.63. The highest BCUT2D eigenvalue weighted by Crippen LogP contribution is 2.10. The summed E-state index contributed by atoms with van der Waals surface area (Å²) in [6, 6.07) is 0. The van der Waals surface area contributed by atoms with E-state index in [2.05, 4.69) is 4.18 Å². The Morgan fingerprint density at radius 2 is 1.81 bits per heavy atom. The molecule has 0 radical (unpaired) electrons. The molecule has 0 amide bonds. The van der Waals surface area contributed by atoms with Crippen molar-refractivity contribution < 1.29 is 21.9 Å². The Bertz CT molecular complexity index is 383. The molecule has 16 heavy (non-hydrogen) atoms. The third-order valence-electron chi connectivity index (χ3n) is 2.06. The van der Waals surface area contributed by atoms with Crippen LogP contribution in [0.4, 0.5) is 0 Å². The average molecular weight is 251 g/mol. The molecule has 0 bridgehead atoms. The lowest BCUT2D eigenvalue weighted by Gasteiger charge is -2.11. The van der Waals surface area contributed by atoms with Crippen LogP contribution in [0.1, 0.15) is 20.3 Å². The number of hydrogen-bond acceptors (Lipinski definition) is 5. The van der Waals surface area contributed by atoms with Gasteiger partial charge in [0.15, 0.2) is 0 Å². The highest BCUT2D eigenvalue weighted by Gasteiger charge is 2.16. The molecule has 0 saturated carbocycles. The van der Waals surface area contributed by atoms with Gasteiger partial charge in [-0.2, -0.15) is 8.42 Å². The lowest BCUT2D eigenvalue weighted by atomic mass is 10.1. The summed E-state index contributed by atoms with van der Waals surface area (Å²) < 4.78 is 32.8. The SMILES string of the molecule is CC(CCN(C)C)=C(C)C(=O)OS(=O)(=O)O. The molecule has 0 aliphatic heterocycles. The van der Waals surface area contributed by atoms with Crippen molar-refractivity contribution in [2.24, 2.45) is 0 Å². The third kappa shape index (κ3) is 6.54. The first-order valence-electron chi connectivity index (χ1n) is 4.66. The zero-order valence-electron chi connectivity index (χ0n) is 9.85. The van der Waals surface area contributed by atoms with Gasteiger partial charge < -0.3 is 9.08 Å². The standard InChI is InChI=1S/C9H17NO5S/c1-7(5-6-10(3)4)8(2)9(11)15-16(12,13)14/h5-6H2,1-4H3,(H,12,13,14). The maximum absolute atomic E-state index is 11.2. The second kappa shape index (κ2) is 5.97. The van der Waals surface area contributed by atoms with Gasteiger partial charge in [0.1, 0.15) is 0 Å². The zero-order chi connectivity index (χ0) is 12.9. The van der Waals surface area contributed by atoms with Gasteiger partial charge in [0.05, 0.1) is 0 Å². The van der Waals surface area contributed by atoms with Crippen molar-refractivity contribution in [1.29, 1.82) is 0 Å². The van der Waals surface area contributed by atoms with E-state index in [1.807, 2.05) is 19.0 Å². The van der Waals surface area contributed by atoms with Crippen LogP contribution in [0.2, 0.25) is 0 Å². The Morgan fingerprint density at radius 3 is 2.19 bits per heavy atom. The van der Waals surface area contributed by atoms with Crippen molar-refractivity contribution in [3.05, 3.63) is 11.1 Å². The van der Waals surface area contributed by atoms with E-state index in [0.29, 0.717) is 6.42 Å². The molecule has 0 fully saturated rings. The van der Waals surface area contributed by atoms with Crippen LogP contribution >= 0.6 is 0 Å². The highest BCUT2D eigenvalue weighted by atomic mass is 32.3. The Morgan fingerprint density at radius 1 is 1.31 bits per heavy atom. The first-order valence-corrected chi connectivity index (χ1v) is 6.02. The van der Waals surface area contributed by atoms with Gasteiger partial charge >= 0.3 is 16.4 Å². The van der Waals surface area contributed by atoms with Gasteiger partial charge in [-0.1, -0.05) is 5.57 Å². The van der Waals surface area contributed by atoms with E-state index in [-0.39, 0.29) is 5.57 Å². The van der Waals surface area contributed by atoms with Crippen molar-refractivity contribution >= 4 is 16.4 Å². The van der Waals surface area contributed by atoms with Crippen LogP contribution in [0.15, 0.2) is 11.1 Å². The van der Waals surface area contributed by atoms with E-state index in [0.717, 1.165) is 12.1 Å². The van der Waals surface area contributed by atoms with E-state index >= 15 is 0 Å². The van der Waals surface area contributed by atoms with Gasteiger partial charge in [0.25, 0.3) is 0 Å². The van der Waals surface area contributed by atoms with E-state index in [1.165, 1.54) is 6.92 Å². The summed E-state index contributed by atoms with van der Waals surface area (Å²) in [5.41, 5.74) is 0.918. The third-order valence-corrected chi connectivity index (χ3v) is 2.42. The largest absolute Gasteiger partial charge is 0.449 e. The predicted molar refractivity (Wildman–Crippen MR) is 59.2 cm³/mol. The van der Waals surface area contributed by atoms with Crippen LogP contribution in [-0.2, 0) is 19.4 Å². The van der Waals surface area contributed by atoms with Crippen molar-refractivity contribution in [3.8, 4) is 0 Å². The van der Waals surface area contributed by atoms with E-state index < -0.39 is 16.4 Å². The molecule has 0 aromatic rings. The van der Waals surface area contributed by atoms with E-state index in [1.54, 1.807) is 6.92 Å². The summed E-state index contributed by atoms with van der Waals surface area (Å²) in [5.74, 6) is -1.04. The van der Waals surface area contributed by atoms with Crippen LogP contribution in [0, 0.1) is 0 Å². The monoisotopic (exact) mass is 251 g/mol. The normalized spacial score (nSPS) is 13.6. The van der Waals surface area contributed by atoms with Crippen LogP contribution < -0.4 is 0 Å². The van der Waals surface area contributed by atoms with Gasteiger partial charge in [0.2, 0.25) is 0 Å². The molecule has 7 heteroatoms. The minimum atomic E-state index is -4.73. The number of nitrogens with zero attached hydrogens (tertiary/aromatic N) is 1. The predicted octanol–water partition coefficient (Wildman–Crippen LogP) is 0.621. The average Bonchev–Trinajstić information content (AvgIpc) is 2.10. The minimum absolute atomic E-state index is 0.194. The lowest BCUT2D eigenvalue weighted by molar-refractivity contribution is -0.130. The number of hydrogen-bond donors (Lipinski definition) is 1. The second-order valence-electron chi connectivity index (χ2n) is 3.76. The minimum Gasteiger partial charge on any atom is -0.321 e. The number of carbonyl (C=O) groups excluding carboxylic acids is 1. The zero-order valence-corrected chi connectivity index (χ0v) is 10.7.